The van der Waals surface area contributed by atoms with Gasteiger partial charge in [-0.3, -0.25) is 4.98 Å². The maximum absolute atomic E-state index is 13.8. The van der Waals surface area contributed by atoms with Crippen LogP contribution in [0.1, 0.15) is 31.4 Å². The molecule has 0 saturated heterocycles. The summed E-state index contributed by atoms with van der Waals surface area (Å²) in [5, 5.41) is 0. The molecule has 1 heterocycles. The molecule has 1 unspecified atom stereocenters. The molecule has 0 aliphatic carbocycles. The Morgan fingerprint density at radius 2 is 2.05 bits per heavy atom. The molecule has 0 spiro atoms. The van der Waals surface area contributed by atoms with Gasteiger partial charge in [0.2, 0.25) is 0 Å². The Hall–Kier alpha value is -1.94. The van der Waals surface area contributed by atoms with Crippen molar-refractivity contribution in [2.75, 3.05) is 6.61 Å². The standard InChI is InChI=1S/C17H21FN2O/c1-3-8-21-15-9-14(11-20-12-15)17(2,19)10-13-6-4-5-7-16(13)18/h4-7,9,11-12H,3,8,10,19H2,1-2H3. The Kier molecular flexibility index (Phi) is 4.91. The van der Waals surface area contributed by atoms with E-state index in [1.54, 1.807) is 24.5 Å². The fourth-order valence-corrected chi connectivity index (χ4v) is 2.17. The third-order valence-electron chi connectivity index (χ3n) is 3.36. The number of hydrogen-bond acceptors (Lipinski definition) is 3. The second-order valence-corrected chi connectivity index (χ2v) is 5.44. The number of nitrogens with zero attached hydrogens (tertiary/aromatic N) is 1. The lowest BCUT2D eigenvalue weighted by molar-refractivity contribution is 0.314. The van der Waals surface area contributed by atoms with E-state index < -0.39 is 5.54 Å². The Labute approximate surface area is 125 Å². The number of ether oxygens (including phenoxy) is 1. The van der Waals surface area contributed by atoms with E-state index in [4.69, 9.17) is 10.5 Å². The fraction of sp³-hybridized carbons (Fsp3) is 0.353. The van der Waals surface area contributed by atoms with Crippen LogP contribution in [0.15, 0.2) is 42.7 Å². The largest absolute Gasteiger partial charge is 0.492 e. The Morgan fingerprint density at radius 3 is 2.76 bits per heavy atom. The van der Waals surface area contributed by atoms with Crippen LogP contribution in [-0.4, -0.2) is 11.6 Å². The van der Waals surface area contributed by atoms with Gasteiger partial charge in [-0.05, 0) is 43.0 Å². The van der Waals surface area contributed by atoms with Crippen LogP contribution in [0, 0.1) is 5.82 Å². The minimum absolute atomic E-state index is 0.236. The zero-order chi connectivity index (χ0) is 15.3. The zero-order valence-electron chi connectivity index (χ0n) is 12.5. The van der Waals surface area contributed by atoms with Crippen LogP contribution in [0.5, 0.6) is 5.75 Å². The quantitative estimate of drug-likeness (QED) is 0.886. The van der Waals surface area contributed by atoms with Gasteiger partial charge in [0.1, 0.15) is 11.6 Å². The van der Waals surface area contributed by atoms with Gasteiger partial charge in [0.25, 0.3) is 0 Å². The third-order valence-corrected chi connectivity index (χ3v) is 3.36. The third kappa shape index (κ3) is 4.02. The van der Waals surface area contributed by atoms with Gasteiger partial charge in [-0.15, -0.1) is 0 Å². The van der Waals surface area contributed by atoms with E-state index in [0.29, 0.717) is 24.3 Å². The fourth-order valence-electron chi connectivity index (χ4n) is 2.17. The maximum atomic E-state index is 13.8. The smallest absolute Gasteiger partial charge is 0.137 e. The van der Waals surface area contributed by atoms with Gasteiger partial charge in [-0.1, -0.05) is 25.1 Å². The first kappa shape index (κ1) is 15.4. The molecule has 0 radical (unpaired) electrons. The van der Waals surface area contributed by atoms with Gasteiger partial charge in [0.15, 0.2) is 0 Å². The van der Waals surface area contributed by atoms with Crippen LogP contribution in [-0.2, 0) is 12.0 Å². The molecule has 21 heavy (non-hydrogen) atoms. The molecular weight excluding hydrogens is 267 g/mol. The Morgan fingerprint density at radius 1 is 1.29 bits per heavy atom. The predicted molar refractivity (Wildman–Crippen MR) is 81.7 cm³/mol. The van der Waals surface area contributed by atoms with Crippen LogP contribution in [0.25, 0.3) is 0 Å². The van der Waals surface area contributed by atoms with E-state index in [9.17, 15) is 4.39 Å². The van der Waals surface area contributed by atoms with Crippen LogP contribution in [0.2, 0.25) is 0 Å². The molecule has 1 atom stereocenters. The van der Waals surface area contributed by atoms with Crippen molar-refractivity contribution in [3.63, 3.8) is 0 Å². The average Bonchev–Trinajstić information content (AvgIpc) is 2.48. The molecule has 4 heteroatoms. The van der Waals surface area contributed by atoms with Crippen LogP contribution in [0.3, 0.4) is 0 Å². The van der Waals surface area contributed by atoms with Crippen molar-refractivity contribution in [3.8, 4) is 5.75 Å². The normalized spacial score (nSPS) is 13.7. The summed E-state index contributed by atoms with van der Waals surface area (Å²) in [6.07, 6.45) is 4.70. The van der Waals surface area contributed by atoms with Gasteiger partial charge in [0, 0.05) is 11.7 Å². The second-order valence-electron chi connectivity index (χ2n) is 5.44. The summed E-state index contributed by atoms with van der Waals surface area (Å²) >= 11 is 0. The van der Waals surface area contributed by atoms with Gasteiger partial charge in [-0.25, -0.2) is 4.39 Å². The summed E-state index contributed by atoms with van der Waals surface area (Å²) in [6, 6.07) is 8.57. The molecule has 2 aromatic rings. The maximum Gasteiger partial charge on any atom is 0.137 e. The predicted octanol–water partition coefficient (Wildman–Crippen LogP) is 3.43. The van der Waals surface area contributed by atoms with E-state index in [0.717, 1.165) is 12.0 Å². The number of pyridine rings is 1. The Balaban J connectivity index is 2.20. The highest BCUT2D eigenvalue weighted by molar-refractivity contribution is 5.31. The molecule has 112 valence electrons. The highest BCUT2D eigenvalue weighted by atomic mass is 19.1. The molecule has 1 aromatic heterocycles. The SMILES string of the molecule is CCCOc1cncc(C(C)(N)Cc2ccccc2F)c1. The molecule has 0 bridgehead atoms. The van der Waals surface area contributed by atoms with E-state index in [1.165, 1.54) is 6.07 Å². The Bertz CT molecular complexity index is 599. The molecule has 0 amide bonds. The second kappa shape index (κ2) is 6.68. The summed E-state index contributed by atoms with van der Waals surface area (Å²) in [6.45, 7) is 4.56. The van der Waals surface area contributed by atoms with Crippen molar-refractivity contribution in [2.24, 2.45) is 5.73 Å². The lowest BCUT2D eigenvalue weighted by Crippen LogP contribution is -2.36. The molecule has 0 saturated carbocycles. The summed E-state index contributed by atoms with van der Waals surface area (Å²) in [5.41, 5.74) is 7.10. The summed E-state index contributed by atoms with van der Waals surface area (Å²) in [7, 11) is 0. The van der Waals surface area contributed by atoms with E-state index in [2.05, 4.69) is 4.98 Å². The van der Waals surface area contributed by atoms with E-state index >= 15 is 0 Å². The molecule has 3 nitrogen and oxygen atoms in total. The highest BCUT2D eigenvalue weighted by Crippen LogP contribution is 2.26. The van der Waals surface area contributed by atoms with Gasteiger partial charge in [-0.2, -0.15) is 0 Å². The molecule has 0 fully saturated rings. The molecule has 0 aliphatic rings. The van der Waals surface area contributed by atoms with Gasteiger partial charge < -0.3 is 10.5 Å². The molecule has 2 rings (SSSR count). The van der Waals surface area contributed by atoms with Gasteiger partial charge >= 0.3 is 0 Å². The number of rotatable bonds is 6. The average molecular weight is 288 g/mol. The van der Waals surface area contributed by atoms with Crippen LogP contribution < -0.4 is 10.5 Å². The zero-order valence-corrected chi connectivity index (χ0v) is 12.5. The molecule has 1 aromatic carbocycles. The monoisotopic (exact) mass is 288 g/mol. The number of aromatic nitrogens is 1. The number of hydrogen-bond donors (Lipinski definition) is 1. The van der Waals surface area contributed by atoms with Crippen molar-refractivity contribution in [3.05, 3.63) is 59.7 Å². The summed E-state index contributed by atoms with van der Waals surface area (Å²) < 4.78 is 19.4. The van der Waals surface area contributed by atoms with Crippen LogP contribution >= 0.6 is 0 Å². The lowest BCUT2D eigenvalue weighted by Gasteiger charge is -2.25. The number of nitrogens with two attached hydrogens (primary N) is 1. The summed E-state index contributed by atoms with van der Waals surface area (Å²) in [4.78, 5) is 4.17. The first-order valence-electron chi connectivity index (χ1n) is 7.13. The van der Waals surface area contributed by atoms with Crippen molar-refractivity contribution >= 4 is 0 Å². The lowest BCUT2D eigenvalue weighted by atomic mass is 9.87. The highest BCUT2D eigenvalue weighted by Gasteiger charge is 2.24. The summed E-state index contributed by atoms with van der Waals surface area (Å²) in [5.74, 6) is 0.458. The van der Waals surface area contributed by atoms with Crippen LogP contribution in [0.4, 0.5) is 4.39 Å². The van der Waals surface area contributed by atoms with Crippen molar-refractivity contribution in [2.45, 2.75) is 32.2 Å². The minimum Gasteiger partial charge on any atom is -0.492 e. The molecule has 0 aliphatic heterocycles. The van der Waals surface area contributed by atoms with Crippen molar-refractivity contribution < 1.29 is 9.13 Å². The van der Waals surface area contributed by atoms with Gasteiger partial charge in [0.05, 0.1) is 12.8 Å². The number of benzene rings is 1. The van der Waals surface area contributed by atoms with E-state index in [1.807, 2.05) is 26.0 Å². The first-order chi connectivity index (χ1) is 10.0. The molecular formula is C17H21FN2O. The van der Waals surface area contributed by atoms with Crippen molar-refractivity contribution in [1.29, 1.82) is 0 Å². The minimum atomic E-state index is -0.708. The number of halogens is 1. The first-order valence-corrected chi connectivity index (χ1v) is 7.13. The van der Waals surface area contributed by atoms with Crippen molar-refractivity contribution in [1.82, 2.24) is 4.98 Å². The molecule has 2 N–H and O–H groups in total. The van der Waals surface area contributed by atoms with E-state index in [-0.39, 0.29) is 5.82 Å². The topological polar surface area (TPSA) is 48.1 Å².